The molecule has 0 saturated carbocycles. The third kappa shape index (κ3) is 1.23. The van der Waals surface area contributed by atoms with Crippen molar-refractivity contribution in [1.29, 1.82) is 0 Å². The van der Waals surface area contributed by atoms with Gasteiger partial charge < -0.3 is 4.74 Å². The van der Waals surface area contributed by atoms with Crippen molar-refractivity contribution in [2.24, 2.45) is 0 Å². The molecule has 2 aromatic carbocycles. The first-order valence-corrected chi connectivity index (χ1v) is 5.69. The summed E-state index contributed by atoms with van der Waals surface area (Å²) in [5.41, 5.74) is 1.02. The predicted molar refractivity (Wildman–Crippen MR) is 68.3 cm³/mol. The fourth-order valence-corrected chi connectivity index (χ4v) is 2.21. The highest BCUT2D eigenvalue weighted by molar-refractivity contribution is 5.99. The minimum Gasteiger partial charge on any atom is -0.496 e. The van der Waals surface area contributed by atoms with E-state index in [4.69, 9.17) is 4.74 Å². The molecule has 0 aromatic heterocycles. The van der Waals surface area contributed by atoms with Gasteiger partial charge in [0.2, 0.25) is 11.6 Å². The Morgan fingerprint density at radius 3 is 2.17 bits per heavy atom. The van der Waals surface area contributed by atoms with Crippen LogP contribution in [0.4, 0.5) is 0 Å². The molecular weight excluding hydrogens is 226 g/mol. The monoisotopic (exact) mass is 235 g/mol. The highest BCUT2D eigenvalue weighted by Gasteiger charge is 2.23. The van der Waals surface area contributed by atoms with Gasteiger partial charge in [0.1, 0.15) is 5.75 Å². The summed E-state index contributed by atoms with van der Waals surface area (Å²) in [7, 11) is 1.68. The number of methoxy groups -OCH3 is 1. The van der Waals surface area contributed by atoms with E-state index in [1.807, 2.05) is 30.3 Å². The third-order valence-corrected chi connectivity index (χ3v) is 3.13. The highest BCUT2D eigenvalue weighted by Crippen LogP contribution is 2.35. The lowest BCUT2D eigenvalue weighted by Crippen LogP contribution is -1.88. The summed E-state index contributed by atoms with van der Waals surface area (Å²) in [5.74, 6) is 3.15. The first-order valence-electron chi connectivity index (χ1n) is 5.69. The lowest BCUT2D eigenvalue weighted by molar-refractivity contribution is 0.420. The van der Waals surface area contributed by atoms with Crippen LogP contribution in [0, 0.1) is 0 Å². The summed E-state index contributed by atoms with van der Waals surface area (Å²) >= 11 is 0. The van der Waals surface area contributed by atoms with Gasteiger partial charge in [0.25, 0.3) is 0 Å². The van der Waals surface area contributed by atoms with E-state index in [2.05, 4.69) is 21.0 Å². The van der Waals surface area contributed by atoms with E-state index >= 15 is 0 Å². The number of aromatic nitrogens is 3. The smallest absolute Gasteiger partial charge is 0.202 e. The molecule has 4 nitrogen and oxygen atoms in total. The molecule has 0 spiro atoms. The van der Waals surface area contributed by atoms with Gasteiger partial charge in [-0.2, -0.15) is 0 Å². The van der Waals surface area contributed by atoms with Gasteiger partial charge in [0.05, 0.1) is 7.11 Å². The SMILES string of the molecule is COc1ccc(-c2nc3nc-3n2)c2ccccc12. The maximum Gasteiger partial charge on any atom is 0.202 e. The van der Waals surface area contributed by atoms with Crippen molar-refractivity contribution < 1.29 is 4.74 Å². The van der Waals surface area contributed by atoms with E-state index in [0.29, 0.717) is 0 Å². The number of hydrogen-bond donors (Lipinski definition) is 0. The minimum atomic E-state index is 0.744. The Labute approximate surface area is 103 Å². The molecule has 4 rings (SSSR count). The largest absolute Gasteiger partial charge is 0.496 e. The molecule has 0 amide bonds. The number of benzene rings is 2. The van der Waals surface area contributed by atoms with E-state index in [1.54, 1.807) is 7.11 Å². The van der Waals surface area contributed by atoms with Crippen LogP contribution >= 0.6 is 0 Å². The van der Waals surface area contributed by atoms with E-state index < -0.39 is 0 Å². The number of rotatable bonds is 2. The summed E-state index contributed by atoms with van der Waals surface area (Å²) in [6.07, 6.45) is 0. The Bertz CT molecular complexity index is 763. The summed E-state index contributed by atoms with van der Waals surface area (Å²) in [6.45, 7) is 0. The third-order valence-electron chi connectivity index (χ3n) is 3.13. The van der Waals surface area contributed by atoms with Gasteiger partial charge in [-0.1, -0.05) is 24.3 Å². The van der Waals surface area contributed by atoms with Crippen molar-refractivity contribution in [3.8, 4) is 28.8 Å². The lowest BCUT2D eigenvalue weighted by atomic mass is 10.0. The van der Waals surface area contributed by atoms with E-state index in [0.717, 1.165) is 39.6 Å². The molecule has 0 unspecified atom stereocenters. The van der Waals surface area contributed by atoms with Gasteiger partial charge in [-0.3, -0.25) is 0 Å². The van der Waals surface area contributed by atoms with E-state index in [9.17, 15) is 0 Å². The van der Waals surface area contributed by atoms with E-state index in [1.165, 1.54) is 0 Å². The molecule has 2 aromatic rings. The quantitative estimate of drug-likeness (QED) is 0.536. The second-order valence-electron chi connectivity index (χ2n) is 4.17. The van der Waals surface area contributed by atoms with Gasteiger partial charge in [0.15, 0.2) is 5.82 Å². The first-order chi connectivity index (χ1) is 8.86. The van der Waals surface area contributed by atoms with Crippen LogP contribution in [0.2, 0.25) is 0 Å². The van der Waals surface area contributed by atoms with Crippen LogP contribution in [0.1, 0.15) is 0 Å². The summed E-state index contributed by atoms with van der Waals surface area (Å²) in [5, 5.41) is 2.17. The van der Waals surface area contributed by atoms with Gasteiger partial charge in [0, 0.05) is 10.9 Å². The van der Waals surface area contributed by atoms with Crippen molar-refractivity contribution in [2.75, 3.05) is 7.11 Å². The Hall–Kier alpha value is -2.49. The normalized spacial score (nSPS) is 11.6. The van der Waals surface area contributed by atoms with Crippen molar-refractivity contribution in [3.05, 3.63) is 36.4 Å². The number of nitrogens with zero attached hydrogens (tertiary/aromatic N) is 3. The van der Waals surface area contributed by atoms with Crippen LogP contribution in [-0.4, -0.2) is 22.1 Å². The van der Waals surface area contributed by atoms with Crippen LogP contribution in [0.5, 0.6) is 5.75 Å². The molecule has 2 aliphatic rings. The van der Waals surface area contributed by atoms with Crippen LogP contribution < -0.4 is 4.74 Å². The van der Waals surface area contributed by atoms with Crippen molar-refractivity contribution in [1.82, 2.24) is 15.0 Å². The van der Waals surface area contributed by atoms with Gasteiger partial charge in [-0.25, -0.2) is 15.0 Å². The van der Waals surface area contributed by atoms with Crippen molar-refractivity contribution in [2.45, 2.75) is 0 Å². The molecule has 18 heavy (non-hydrogen) atoms. The molecule has 86 valence electrons. The van der Waals surface area contributed by atoms with Crippen LogP contribution in [0.3, 0.4) is 0 Å². The topological polar surface area (TPSA) is 47.9 Å². The zero-order valence-electron chi connectivity index (χ0n) is 9.71. The van der Waals surface area contributed by atoms with Gasteiger partial charge in [-0.15, -0.1) is 0 Å². The average Bonchev–Trinajstić information content (AvgIpc) is 3.04. The Morgan fingerprint density at radius 2 is 1.44 bits per heavy atom. The molecule has 4 heteroatoms. The predicted octanol–water partition coefficient (Wildman–Crippen LogP) is 2.68. The molecule has 2 aliphatic heterocycles. The van der Waals surface area contributed by atoms with Crippen LogP contribution in [0.15, 0.2) is 36.4 Å². The standard InChI is InChI=1S/C14H9N3O/c1-18-11-7-6-10(8-4-2-3-5-9(8)11)12-15-13-14(16-12)17-13/h2-7H,1H3. The highest BCUT2D eigenvalue weighted by atomic mass is 16.5. The van der Waals surface area contributed by atoms with E-state index in [-0.39, 0.29) is 0 Å². The lowest BCUT2D eigenvalue weighted by Gasteiger charge is -2.08. The molecule has 0 atom stereocenters. The Balaban J connectivity index is 2.03. The van der Waals surface area contributed by atoms with Crippen LogP contribution in [0.25, 0.3) is 33.8 Å². The fourth-order valence-electron chi connectivity index (χ4n) is 2.21. The molecule has 0 saturated heterocycles. The van der Waals surface area contributed by atoms with Crippen molar-refractivity contribution in [3.63, 3.8) is 0 Å². The number of hydrogen-bond acceptors (Lipinski definition) is 4. The zero-order chi connectivity index (χ0) is 12.1. The van der Waals surface area contributed by atoms with Crippen molar-refractivity contribution >= 4 is 10.8 Å². The summed E-state index contributed by atoms with van der Waals surface area (Å²) in [4.78, 5) is 12.7. The number of fused-ring (bicyclic) bond motifs is 2. The molecule has 2 heterocycles. The molecule has 0 N–H and O–H groups in total. The maximum atomic E-state index is 5.38. The molecular formula is C14H9N3O. The molecule has 0 fully saturated rings. The van der Waals surface area contributed by atoms with Gasteiger partial charge >= 0.3 is 0 Å². The van der Waals surface area contributed by atoms with Gasteiger partial charge in [-0.05, 0) is 17.5 Å². The zero-order valence-corrected chi connectivity index (χ0v) is 9.71. The fraction of sp³-hybridized carbons (Fsp3) is 0.0714. The maximum absolute atomic E-state index is 5.38. The molecule has 0 radical (unpaired) electrons. The Morgan fingerprint density at radius 1 is 0.778 bits per heavy atom. The average molecular weight is 235 g/mol. The summed E-state index contributed by atoms with van der Waals surface area (Å²) in [6, 6.07) is 12.0. The number of ether oxygens (including phenoxy) is 1. The summed E-state index contributed by atoms with van der Waals surface area (Å²) < 4.78 is 5.38. The molecule has 0 bridgehead atoms. The molecule has 0 aliphatic carbocycles. The minimum absolute atomic E-state index is 0.744. The van der Waals surface area contributed by atoms with Crippen LogP contribution in [-0.2, 0) is 0 Å². The first kappa shape index (κ1) is 9.53. The Kier molecular flexibility index (Phi) is 1.73. The second-order valence-corrected chi connectivity index (χ2v) is 4.17. The number of imidazole rings is 1. The second kappa shape index (κ2) is 3.26.